The first-order valence-electron chi connectivity index (χ1n) is 5.02. The van der Waals surface area contributed by atoms with Crippen LogP contribution in [-0.4, -0.2) is 29.1 Å². The van der Waals surface area contributed by atoms with Gasteiger partial charge in [-0.2, -0.15) is 0 Å². The van der Waals surface area contributed by atoms with E-state index in [2.05, 4.69) is 0 Å². The largest absolute Gasteiger partial charge is 0.448 e. The predicted molar refractivity (Wildman–Crippen MR) is 59.3 cm³/mol. The number of hydrogen-bond acceptors (Lipinski definition) is 5. The van der Waals surface area contributed by atoms with E-state index in [0.29, 0.717) is 24.4 Å². The molecule has 2 rings (SSSR count). The van der Waals surface area contributed by atoms with Crippen molar-refractivity contribution in [2.75, 3.05) is 18.9 Å². The summed E-state index contributed by atoms with van der Waals surface area (Å²) >= 11 is 0. The van der Waals surface area contributed by atoms with Crippen LogP contribution >= 0.6 is 0 Å². The second-order valence-electron chi connectivity index (χ2n) is 3.68. The van der Waals surface area contributed by atoms with Crippen LogP contribution in [0.4, 0.5) is 16.2 Å². The molecule has 0 saturated carbocycles. The lowest BCUT2D eigenvalue weighted by molar-refractivity contribution is -0.384. The normalized spacial score (nSPS) is 14.8. The number of nitro groups is 1. The molecule has 0 atom stereocenters. The second kappa shape index (κ2) is 4.28. The molecule has 7 heteroatoms. The van der Waals surface area contributed by atoms with Crippen molar-refractivity contribution in [3.05, 3.63) is 33.9 Å². The molecule has 0 bridgehead atoms. The first-order chi connectivity index (χ1) is 8.08. The molecule has 1 amide bonds. The Morgan fingerprint density at radius 1 is 1.53 bits per heavy atom. The third kappa shape index (κ3) is 2.27. The Bertz CT molecular complexity index is 475. The summed E-state index contributed by atoms with van der Waals surface area (Å²) in [6.07, 6.45) is -0.420. The van der Waals surface area contributed by atoms with Gasteiger partial charge in [-0.25, -0.2) is 4.79 Å². The zero-order valence-electron chi connectivity index (χ0n) is 8.96. The van der Waals surface area contributed by atoms with Crippen LogP contribution in [-0.2, 0) is 11.3 Å². The predicted octanol–water partition coefficient (Wildman–Crippen LogP) is 1.13. The molecule has 1 aliphatic rings. The fourth-order valence-corrected chi connectivity index (χ4v) is 1.62. The molecule has 0 aromatic heterocycles. The highest BCUT2D eigenvalue weighted by Crippen LogP contribution is 2.22. The summed E-state index contributed by atoms with van der Waals surface area (Å²) in [5.41, 5.74) is 6.65. The van der Waals surface area contributed by atoms with E-state index in [1.807, 2.05) is 0 Å². The number of anilines is 1. The molecule has 1 saturated heterocycles. The van der Waals surface area contributed by atoms with Gasteiger partial charge in [0.15, 0.2) is 0 Å². The molecule has 0 spiro atoms. The molecule has 0 unspecified atom stereocenters. The molecule has 0 radical (unpaired) electrons. The number of carbonyl (C=O) groups is 1. The third-order valence-corrected chi connectivity index (χ3v) is 2.54. The molecule has 1 aliphatic heterocycles. The Morgan fingerprint density at radius 3 is 2.88 bits per heavy atom. The minimum atomic E-state index is -0.495. The van der Waals surface area contributed by atoms with E-state index in [4.69, 9.17) is 10.5 Å². The average Bonchev–Trinajstić information content (AvgIpc) is 2.67. The van der Waals surface area contributed by atoms with Gasteiger partial charge in [-0.05, 0) is 6.07 Å². The number of ether oxygens (including phenoxy) is 1. The van der Waals surface area contributed by atoms with Gasteiger partial charge in [-0.3, -0.25) is 10.1 Å². The number of nitrogens with zero attached hydrogens (tertiary/aromatic N) is 2. The van der Waals surface area contributed by atoms with Crippen LogP contribution in [0.15, 0.2) is 18.2 Å². The van der Waals surface area contributed by atoms with Crippen molar-refractivity contribution < 1.29 is 14.5 Å². The molecule has 2 N–H and O–H groups in total. The monoisotopic (exact) mass is 237 g/mol. The van der Waals surface area contributed by atoms with Gasteiger partial charge < -0.3 is 15.4 Å². The highest BCUT2D eigenvalue weighted by atomic mass is 16.6. The van der Waals surface area contributed by atoms with Crippen molar-refractivity contribution in [3.63, 3.8) is 0 Å². The van der Waals surface area contributed by atoms with Crippen molar-refractivity contribution >= 4 is 17.5 Å². The summed E-state index contributed by atoms with van der Waals surface area (Å²) in [6.45, 7) is 1.04. The van der Waals surface area contributed by atoms with E-state index in [1.54, 1.807) is 0 Å². The zero-order valence-corrected chi connectivity index (χ0v) is 8.96. The van der Waals surface area contributed by atoms with Gasteiger partial charge in [0.1, 0.15) is 6.61 Å². The number of non-ortho nitro benzene ring substituents is 1. The number of cyclic esters (lactones) is 1. The van der Waals surface area contributed by atoms with E-state index >= 15 is 0 Å². The van der Waals surface area contributed by atoms with Gasteiger partial charge in [0.25, 0.3) is 5.69 Å². The van der Waals surface area contributed by atoms with Crippen molar-refractivity contribution in [2.24, 2.45) is 0 Å². The zero-order chi connectivity index (χ0) is 12.4. The Kier molecular flexibility index (Phi) is 2.82. The van der Waals surface area contributed by atoms with Crippen LogP contribution in [0.2, 0.25) is 0 Å². The average molecular weight is 237 g/mol. The summed E-state index contributed by atoms with van der Waals surface area (Å²) in [6, 6.07) is 4.18. The number of hydrogen-bond donors (Lipinski definition) is 1. The standard InChI is InChI=1S/C10H11N3O4/c11-9-2-1-8(13(15)16)5-7(9)6-12-3-4-17-10(12)14/h1-2,5H,3-4,6,11H2. The lowest BCUT2D eigenvalue weighted by Crippen LogP contribution is -2.24. The highest BCUT2D eigenvalue weighted by molar-refractivity contribution is 5.69. The molecule has 90 valence electrons. The lowest BCUT2D eigenvalue weighted by Gasteiger charge is -2.13. The van der Waals surface area contributed by atoms with E-state index < -0.39 is 11.0 Å². The lowest BCUT2D eigenvalue weighted by atomic mass is 10.1. The number of nitrogens with two attached hydrogens (primary N) is 1. The van der Waals surface area contributed by atoms with E-state index in [0.717, 1.165) is 0 Å². The Labute approximate surface area is 96.9 Å². The molecule has 7 nitrogen and oxygen atoms in total. The fourth-order valence-electron chi connectivity index (χ4n) is 1.62. The fraction of sp³-hybridized carbons (Fsp3) is 0.300. The second-order valence-corrected chi connectivity index (χ2v) is 3.68. The van der Waals surface area contributed by atoms with Gasteiger partial charge in [-0.15, -0.1) is 0 Å². The van der Waals surface area contributed by atoms with Gasteiger partial charge in [0.2, 0.25) is 0 Å². The van der Waals surface area contributed by atoms with Crippen LogP contribution in [0.3, 0.4) is 0 Å². The highest BCUT2D eigenvalue weighted by Gasteiger charge is 2.23. The summed E-state index contributed by atoms with van der Waals surface area (Å²) in [5.74, 6) is 0. The molecule has 1 fully saturated rings. The van der Waals surface area contributed by atoms with Crippen LogP contribution in [0.1, 0.15) is 5.56 Å². The molecular formula is C10H11N3O4. The number of carbonyl (C=O) groups excluding carboxylic acids is 1. The number of benzene rings is 1. The minimum absolute atomic E-state index is 0.0400. The van der Waals surface area contributed by atoms with Crippen molar-refractivity contribution in [1.82, 2.24) is 4.90 Å². The van der Waals surface area contributed by atoms with Crippen LogP contribution in [0.25, 0.3) is 0 Å². The maximum Gasteiger partial charge on any atom is 0.410 e. The van der Waals surface area contributed by atoms with Crippen molar-refractivity contribution in [1.29, 1.82) is 0 Å². The quantitative estimate of drug-likeness (QED) is 0.482. The summed E-state index contributed by atoms with van der Waals surface area (Å²) in [4.78, 5) is 22.8. The Balaban J connectivity index is 2.22. The Morgan fingerprint density at radius 2 is 2.29 bits per heavy atom. The van der Waals surface area contributed by atoms with Crippen LogP contribution in [0, 0.1) is 10.1 Å². The summed E-state index contributed by atoms with van der Waals surface area (Å²) < 4.78 is 4.77. The van der Waals surface area contributed by atoms with Crippen LogP contribution in [0.5, 0.6) is 0 Å². The summed E-state index contributed by atoms with van der Waals surface area (Å²) in [7, 11) is 0. The van der Waals surface area contributed by atoms with Gasteiger partial charge in [-0.1, -0.05) is 0 Å². The Hall–Kier alpha value is -2.31. The van der Waals surface area contributed by atoms with Crippen LogP contribution < -0.4 is 5.73 Å². The molecular weight excluding hydrogens is 226 g/mol. The van der Waals surface area contributed by atoms with E-state index in [9.17, 15) is 14.9 Å². The summed E-state index contributed by atoms with van der Waals surface area (Å²) in [5, 5.41) is 10.6. The van der Waals surface area contributed by atoms with E-state index in [-0.39, 0.29) is 12.2 Å². The first-order valence-corrected chi connectivity index (χ1v) is 5.02. The maximum absolute atomic E-state index is 11.2. The SMILES string of the molecule is Nc1ccc([N+](=O)[O-])cc1CN1CCOC1=O. The maximum atomic E-state index is 11.2. The minimum Gasteiger partial charge on any atom is -0.448 e. The topological polar surface area (TPSA) is 98.7 Å². The molecule has 1 heterocycles. The molecule has 0 aliphatic carbocycles. The molecule has 17 heavy (non-hydrogen) atoms. The third-order valence-electron chi connectivity index (χ3n) is 2.54. The number of amides is 1. The van der Waals surface area contributed by atoms with Gasteiger partial charge in [0.05, 0.1) is 18.0 Å². The van der Waals surface area contributed by atoms with Gasteiger partial charge in [0, 0.05) is 23.4 Å². The van der Waals surface area contributed by atoms with Crippen molar-refractivity contribution in [2.45, 2.75) is 6.54 Å². The smallest absolute Gasteiger partial charge is 0.410 e. The number of nitro benzene ring substituents is 1. The molecule has 1 aromatic rings. The van der Waals surface area contributed by atoms with Crippen molar-refractivity contribution in [3.8, 4) is 0 Å². The molecule has 1 aromatic carbocycles. The first kappa shape index (κ1) is 11.2. The van der Waals surface area contributed by atoms with E-state index in [1.165, 1.54) is 23.1 Å². The number of nitrogen functional groups attached to an aromatic ring is 1. The van der Waals surface area contributed by atoms with Gasteiger partial charge >= 0.3 is 6.09 Å². The number of rotatable bonds is 3.